The van der Waals surface area contributed by atoms with Gasteiger partial charge in [0.2, 0.25) is 0 Å². The van der Waals surface area contributed by atoms with Crippen molar-refractivity contribution in [2.75, 3.05) is 0 Å². The van der Waals surface area contributed by atoms with E-state index in [9.17, 15) is 0 Å². The molecule has 0 amide bonds. The minimum atomic E-state index is 0.290. The highest BCUT2D eigenvalue weighted by molar-refractivity contribution is 5.04. The minimum absolute atomic E-state index is 0.290. The standard InChI is InChI=1S/C17H30N2/c1-16(2,3)11-8-7-9-15-18-12-10-14(19-15)13-17(4,5)6/h10,12H,7-9,11,13H2,1-6H3. The van der Waals surface area contributed by atoms with Crippen molar-refractivity contribution in [3.05, 3.63) is 23.8 Å². The van der Waals surface area contributed by atoms with Crippen molar-refractivity contribution >= 4 is 0 Å². The molecule has 2 heteroatoms. The van der Waals surface area contributed by atoms with E-state index in [4.69, 9.17) is 0 Å². The van der Waals surface area contributed by atoms with E-state index in [1.807, 2.05) is 12.3 Å². The highest BCUT2D eigenvalue weighted by atomic mass is 14.9. The van der Waals surface area contributed by atoms with E-state index in [0.717, 1.165) is 18.7 Å². The molecular weight excluding hydrogens is 232 g/mol. The second-order valence-electron chi connectivity index (χ2n) is 7.97. The average molecular weight is 262 g/mol. The molecule has 1 aromatic rings. The monoisotopic (exact) mass is 262 g/mol. The van der Waals surface area contributed by atoms with Crippen LogP contribution in [0.2, 0.25) is 0 Å². The third kappa shape index (κ3) is 7.97. The van der Waals surface area contributed by atoms with Crippen molar-refractivity contribution in [1.82, 2.24) is 9.97 Å². The number of hydrogen-bond donors (Lipinski definition) is 0. The van der Waals surface area contributed by atoms with Gasteiger partial charge in [0.05, 0.1) is 0 Å². The summed E-state index contributed by atoms with van der Waals surface area (Å²) in [4.78, 5) is 9.07. The van der Waals surface area contributed by atoms with E-state index >= 15 is 0 Å². The van der Waals surface area contributed by atoms with Gasteiger partial charge in [-0.2, -0.15) is 0 Å². The topological polar surface area (TPSA) is 25.8 Å². The van der Waals surface area contributed by atoms with Gasteiger partial charge in [0.15, 0.2) is 0 Å². The first-order chi connectivity index (χ1) is 8.66. The van der Waals surface area contributed by atoms with Crippen LogP contribution in [0.1, 0.15) is 72.3 Å². The van der Waals surface area contributed by atoms with Crippen molar-refractivity contribution in [2.45, 2.75) is 73.6 Å². The number of unbranched alkanes of at least 4 members (excludes halogenated alkanes) is 1. The fourth-order valence-corrected chi connectivity index (χ4v) is 2.14. The molecule has 108 valence electrons. The lowest BCUT2D eigenvalue weighted by Crippen LogP contribution is -2.11. The second kappa shape index (κ2) is 6.49. The van der Waals surface area contributed by atoms with E-state index < -0.39 is 0 Å². The highest BCUT2D eigenvalue weighted by Crippen LogP contribution is 2.22. The summed E-state index contributed by atoms with van der Waals surface area (Å²) in [5.41, 5.74) is 1.90. The first-order valence-electron chi connectivity index (χ1n) is 7.47. The predicted molar refractivity (Wildman–Crippen MR) is 82.2 cm³/mol. The Morgan fingerprint density at radius 3 is 2.21 bits per heavy atom. The van der Waals surface area contributed by atoms with Gasteiger partial charge in [0.25, 0.3) is 0 Å². The van der Waals surface area contributed by atoms with Crippen molar-refractivity contribution in [2.24, 2.45) is 10.8 Å². The first kappa shape index (κ1) is 16.1. The summed E-state index contributed by atoms with van der Waals surface area (Å²) >= 11 is 0. The molecule has 0 bridgehead atoms. The van der Waals surface area contributed by atoms with Crippen molar-refractivity contribution in [3.63, 3.8) is 0 Å². The van der Waals surface area contributed by atoms with Crippen LogP contribution in [-0.2, 0) is 12.8 Å². The summed E-state index contributed by atoms with van der Waals surface area (Å²) in [5, 5.41) is 0. The van der Waals surface area contributed by atoms with Crippen LogP contribution in [0.15, 0.2) is 12.3 Å². The molecule has 0 saturated carbocycles. The minimum Gasteiger partial charge on any atom is -0.241 e. The molecule has 0 aliphatic heterocycles. The fraction of sp³-hybridized carbons (Fsp3) is 0.765. The Morgan fingerprint density at radius 2 is 1.63 bits per heavy atom. The molecule has 0 atom stereocenters. The zero-order valence-electron chi connectivity index (χ0n) is 13.6. The lowest BCUT2D eigenvalue weighted by Gasteiger charge is -2.18. The third-order valence-corrected chi connectivity index (χ3v) is 3.05. The maximum Gasteiger partial charge on any atom is 0.128 e. The largest absolute Gasteiger partial charge is 0.241 e. The zero-order chi connectivity index (χ0) is 14.5. The maximum absolute atomic E-state index is 4.68. The number of hydrogen-bond acceptors (Lipinski definition) is 2. The van der Waals surface area contributed by atoms with Crippen LogP contribution in [0, 0.1) is 10.8 Å². The van der Waals surface area contributed by atoms with Crippen LogP contribution in [-0.4, -0.2) is 9.97 Å². The molecular formula is C17H30N2. The van der Waals surface area contributed by atoms with Crippen molar-refractivity contribution in [1.29, 1.82) is 0 Å². The summed E-state index contributed by atoms with van der Waals surface area (Å²) < 4.78 is 0. The summed E-state index contributed by atoms with van der Waals surface area (Å²) in [6.45, 7) is 13.6. The number of aromatic nitrogens is 2. The molecule has 2 nitrogen and oxygen atoms in total. The first-order valence-corrected chi connectivity index (χ1v) is 7.47. The highest BCUT2D eigenvalue weighted by Gasteiger charge is 2.13. The fourth-order valence-electron chi connectivity index (χ4n) is 2.14. The van der Waals surface area contributed by atoms with Gasteiger partial charge in [-0.05, 0) is 36.2 Å². The number of aryl methyl sites for hydroxylation is 1. The molecule has 0 aromatic carbocycles. The Balaban J connectivity index is 2.44. The third-order valence-electron chi connectivity index (χ3n) is 3.05. The average Bonchev–Trinajstić information content (AvgIpc) is 2.21. The van der Waals surface area contributed by atoms with Crippen LogP contribution in [0.4, 0.5) is 0 Å². The Hall–Kier alpha value is -0.920. The lowest BCUT2D eigenvalue weighted by atomic mass is 9.89. The Labute approximate surface area is 119 Å². The molecule has 0 aliphatic carbocycles. The van der Waals surface area contributed by atoms with Crippen LogP contribution in [0.3, 0.4) is 0 Å². The predicted octanol–water partition coefficient (Wildman–Crippen LogP) is 4.82. The van der Waals surface area contributed by atoms with Gasteiger partial charge in [-0.3, -0.25) is 0 Å². The van der Waals surface area contributed by atoms with E-state index in [1.165, 1.54) is 25.0 Å². The second-order valence-corrected chi connectivity index (χ2v) is 7.97. The molecule has 0 fully saturated rings. The van der Waals surface area contributed by atoms with Crippen LogP contribution >= 0.6 is 0 Å². The molecule has 1 aromatic heterocycles. The molecule has 0 unspecified atom stereocenters. The van der Waals surface area contributed by atoms with Gasteiger partial charge < -0.3 is 0 Å². The SMILES string of the molecule is CC(C)(C)CCCCc1nccc(CC(C)(C)C)n1. The number of rotatable bonds is 5. The zero-order valence-corrected chi connectivity index (χ0v) is 13.6. The molecule has 1 rings (SSSR count). The van der Waals surface area contributed by atoms with Gasteiger partial charge in [-0.15, -0.1) is 0 Å². The summed E-state index contributed by atoms with van der Waals surface area (Å²) in [6, 6.07) is 2.05. The normalized spacial score (nSPS) is 12.7. The van der Waals surface area contributed by atoms with Gasteiger partial charge in [0, 0.05) is 18.3 Å². The van der Waals surface area contributed by atoms with E-state index in [-0.39, 0.29) is 5.41 Å². The van der Waals surface area contributed by atoms with Crippen LogP contribution < -0.4 is 0 Å². The number of nitrogens with zero attached hydrogens (tertiary/aromatic N) is 2. The molecule has 19 heavy (non-hydrogen) atoms. The van der Waals surface area contributed by atoms with E-state index in [1.54, 1.807) is 0 Å². The molecule has 0 radical (unpaired) electrons. The smallest absolute Gasteiger partial charge is 0.128 e. The van der Waals surface area contributed by atoms with Crippen molar-refractivity contribution in [3.8, 4) is 0 Å². The Morgan fingerprint density at radius 1 is 0.947 bits per heavy atom. The van der Waals surface area contributed by atoms with Crippen LogP contribution in [0.5, 0.6) is 0 Å². The Kier molecular flexibility index (Phi) is 5.51. The Bertz CT molecular complexity index is 383. The maximum atomic E-state index is 4.68. The summed E-state index contributed by atoms with van der Waals surface area (Å²) in [7, 11) is 0. The van der Waals surface area contributed by atoms with Gasteiger partial charge >= 0.3 is 0 Å². The summed E-state index contributed by atoms with van der Waals surface area (Å²) in [6.07, 6.45) is 7.66. The van der Waals surface area contributed by atoms with Crippen molar-refractivity contribution < 1.29 is 0 Å². The van der Waals surface area contributed by atoms with E-state index in [0.29, 0.717) is 5.41 Å². The lowest BCUT2D eigenvalue weighted by molar-refractivity contribution is 0.359. The summed E-state index contributed by atoms with van der Waals surface area (Å²) in [5.74, 6) is 1.01. The van der Waals surface area contributed by atoms with Crippen LogP contribution in [0.25, 0.3) is 0 Å². The molecule has 0 spiro atoms. The van der Waals surface area contributed by atoms with Gasteiger partial charge in [-0.1, -0.05) is 48.0 Å². The molecule has 1 heterocycles. The van der Waals surface area contributed by atoms with Gasteiger partial charge in [0.1, 0.15) is 5.82 Å². The molecule has 0 N–H and O–H groups in total. The quantitative estimate of drug-likeness (QED) is 0.711. The molecule has 0 aliphatic rings. The van der Waals surface area contributed by atoms with Gasteiger partial charge in [-0.25, -0.2) is 9.97 Å². The molecule has 0 saturated heterocycles. The van der Waals surface area contributed by atoms with E-state index in [2.05, 4.69) is 51.5 Å².